The Hall–Kier alpha value is -1.83. The molecule has 0 fully saturated rings. The highest BCUT2D eigenvalue weighted by Crippen LogP contribution is 2.21. The topological polar surface area (TPSA) is 64.3 Å². The minimum atomic E-state index is -4.50. The van der Waals surface area contributed by atoms with Gasteiger partial charge >= 0.3 is 6.18 Å². The van der Waals surface area contributed by atoms with E-state index < -0.39 is 31.1 Å². The van der Waals surface area contributed by atoms with Crippen LogP contribution in [0.1, 0.15) is 18.5 Å². The number of halogens is 4. The van der Waals surface area contributed by atoms with Gasteiger partial charge in [0, 0.05) is 6.04 Å². The molecular formula is C12H14F4N2O2. The van der Waals surface area contributed by atoms with Gasteiger partial charge in [-0.1, -0.05) is 6.07 Å². The van der Waals surface area contributed by atoms with Crippen LogP contribution >= 0.6 is 0 Å². The van der Waals surface area contributed by atoms with Crippen LogP contribution in [0.4, 0.5) is 17.6 Å². The van der Waals surface area contributed by atoms with Gasteiger partial charge in [-0.3, -0.25) is 4.79 Å². The second-order valence-corrected chi connectivity index (χ2v) is 4.16. The van der Waals surface area contributed by atoms with Gasteiger partial charge in [0.1, 0.15) is 6.54 Å². The predicted octanol–water partition coefficient (Wildman–Crippen LogP) is 1.90. The molecule has 1 aromatic rings. The number of rotatable bonds is 5. The van der Waals surface area contributed by atoms with E-state index in [1.165, 1.54) is 12.1 Å². The van der Waals surface area contributed by atoms with E-state index in [0.717, 1.165) is 6.07 Å². The number of nitrogens with one attached hydrogen (secondary N) is 1. The van der Waals surface area contributed by atoms with Crippen molar-refractivity contribution in [2.75, 3.05) is 13.2 Å². The van der Waals surface area contributed by atoms with Crippen molar-refractivity contribution in [1.82, 2.24) is 5.32 Å². The van der Waals surface area contributed by atoms with Gasteiger partial charge in [-0.2, -0.15) is 13.2 Å². The van der Waals surface area contributed by atoms with Crippen LogP contribution < -0.4 is 15.8 Å². The lowest BCUT2D eigenvalue weighted by atomic mass is 10.1. The molecule has 20 heavy (non-hydrogen) atoms. The number of amides is 1. The minimum absolute atomic E-state index is 0.225. The fraction of sp³-hybridized carbons (Fsp3) is 0.417. The van der Waals surface area contributed by atoms with Crippen LogP contribution in [-0.2, 0) is 4.79 Å². The van der Waals surface area contributed by atoms with Crippen molar-refractivity contribution in [2.24, 2.45) is 5.73 Å². The van der Waals surface area contributed by atoms with Gasteiger partial charge in [0.25, 0.3) is 5.91 Å². The Balaban J connectivity index is 2.51. The number of benzene rings is 1. The van der Waals surface area contributed by atoms with Crippen molar-refractivity contribution >= 4 is 5.91 Å². The minimum Gasteiger partial charge on any atom is -0.481 e. The van der Waals surface area contributed by atoms with E-state index >= 15 is 0 Å². The van der Waals surface area contributed by atoms with Crippen LogP contribution in [0.2, 0.25) is 0 Å². The second-order valence-electron chi connectivity index (χ2n) is 4.16. The number of carbonyl (C=O) groups is 1. The molecule has 4 nitrogen and oxygen atoms in total. The molecule has 8 heteroatoms. The normalized spacial score (nSPS) is 12.9. The molecule has 1 aromatic carbocycles. The second kappa shape index (κ2) is 6.56. The zero-order chi connectivity index (χ0) is 15.3. The SMILES string of the molecule is CC(N)c1ccc(OCC(=O)NCC(F)(F)F)c(F)c1. The lowest BCUT2D eigenvalue weighted by Gasteiger charge is -2.11. The highest BCUT2D eigenvalue weighted by molar-refractivity contribution is 5.77. The summed E-state index contributed by atoms with van der Waals surface area (Å²) >= 11 is 0. The third kappa shape index (κ3) is 5.43. The van der Waals surface area contributed by atoms with Crippen molar-refractivity contribution in [2.45, 2.75) is 19.1 Å². The molecule has 0 aromatic heterocycles. The van der Waals surface area contributed by atoms with E-state index in [9.17, 15) is 22.4 Å². The number of alkyl halides is 3. The summed E-state index contributed by atoms with van der Waals surface area (Å²) in [5, 5.41) is 1.61. The monoisotopic (exact) mass is 294 g/mol. The Labute approximate surface area is 112 Å². The standard InChI is InChI=1S/C12H14F4N2O2/c1-7(17)8-2-3-10(9(13)4-8)20-5-11(19)18-6-12(14,15)16/h2-4,7H,5-6,17H2,1H3,(H,18,19). The molecule has 1 amide bonds. The first-order chi connectivity index (χ1) is 9.19. The van der Waals surface area contributed by atoms with Crippen molar-refractivity contribution in [3.05, 3.63) is 29.6 Å². The van der Waals surface area contributed by atoms with Crippen LogP contribution in [0.3, 0.4) is 0 Å². The Kier molecular flexibility index (Phi) is 5.32. The van der Waals surface area contributed by atoms with Gasteiger partial charge in [-0.25, -0.2) is 4.39 Å². The quantitative estimate of drug-likeness (QED) is 0.815. The van der Waals surface area contributed by atoms with Gasteiger partial charge in [0.05, 0.1) is 0 Å². The maximum absolute atomic E-state index is 13.5. The molecule has 112 valence electrons. The molecular weight excluding hydrogens is 280 g/mol. The molecule has 3 N–H and O–H groups in total. The average Bonchev–Trinajstić information content (AvgIpc) is 2.33. The first-order valence-electron chi connectivity index (χ1n) is 5.70. The number of hydrogen-bond acceptors (Lipinski definition) is 3. The van der Waals surface area contributed by atoms with E-state index in [1.54, 1.807) is 12.2 Å². The maximum atomic E-state index is 13.5. The molecule has 0 spiro atoms. The van der Waals surface area contributed by atoms with Gasteiger partial charge < -0.3 is 15.8 Å². The molecule has 0 aliphatic rings. The Morgan fingerprint density at radius 2 is 2.10 bits per heavy atom. The smallest absolute Gasteiger partial charge is 0.405 e. The fourth-order valence-corrected chi connectivity index (χ4v) is 1.31. The van der Waals surface area contributed by atoms with Crippen molar-refractivity contribution in [3.8, 4) is 5.75 Å². The van der Waals surface area contributed by atoms with E-state index in [4.69, 9.17) is 10.5 Å². The molecule has 0 bridgehead atoms. The molecule has 1 unspecified atom stereocenters. The molecule has 0 saturated heterocycles. The van der Waals surface area contributed by atoms with E-state index in [0.29, 0.717) is 5.56 Å². The number of hydrogen-bond donors (Lipinski definition) is 2. The fourth-order valence-electron chi connectivity index (χ4n) is 1.31. The third-order valence-electron chi connectivity index (χ3n) is 2.33. The molecule has 1 atom stereocenters. The third-order valence-corrected chi connectivity index (χ3v) is 2.33. The summed E-state index contributed by atoms with van der Waals surface area (Å²) in [5.74, 6) is -1.95. The summed E-state index contributed by atoms with van der Waals surface area (Å²) < 4.78 is 53.9. The van der Waals surface area contributed by atoms with Gasteiger partial charge in [0.2, 0.25) is 0 Å². The van der Waals surface area contributed by atoms with E-state index in [1.807, 2.05) is 0 Å². The van der Waals surface area contributed by atoms with Crippen LogP contribution in [0.25, 0.3) is 0 Å². The predicted molar refractivity (Wildman–Crippen MR) is 63.6 cm³/mol. The zero-order valence-corrected chi connectivity index (χ0v) is 10.6. The van der Waals surface area contributed by atoms with Crippen LogP contribution in [0.15, 0.2) is 18.2 Å². The lowest BCUT2D eigenvalue weighted by Crippen LogP contribution is -2.36. The van der Waals surface area contributed by atoms with Crippen molar-refractivity contribution in [1.29, 1.82) is 0 Å². The number of ether oxygens (including phenoxy) is 1. The highest BCUT2D eigenvalue weighted by atomic mass is 19.4. The largest absolute Gasteiger partial charge is 0.481 e. The summed E-state index contributed by atoms with van der Waals surface area (Å²) in [4.78, 5) is 11.1. The highest BCUT2D eigenvalue weighted by Gasteiger charge is 2.27. The Bertz CT molecular complexity index is 475. The number of nitrogens with two attached hydrogens (primary N) is 1. The Morgan fingerprint density at radius 3 is 2.60 bits per heavy atom. The summed E-state index contributed by atoms with van der Waals surface area (Å²) in [6.07, 6.45) is -4.50. The summed E-state index contributed by atoms with van der Waals surface area (Å²) in [7, 11) is 0. The molecule has 0 aliphatic heterocycles. The van der Waals surface area contributed by atoms with E-state index in [-0.39, 0.29) is 11.8 Å². The number of carbonyl (C=O) groups excluding carboxylic acids is 1. The molecule has 0 heterocycles. The average molecular weight is 294 g/mol. The van der Waals surface area contributed by atoms with Gasteiger partial charge in [-0.05, 0) is 24.6 Å². The van der Waals surface area contributed by atoms with Crippen LogP contribution in [0, 0.1) is 5.82 Å². The Morgan fingerprint density at radius 1 is 1.45 bits per heavy atom. The van der Waals surface area contributed by atoms with E-state index in [2.05, 4.69) is 0 Å². The summed E-state index contributed by atoms with van der Waals surface area (Å²) in [6.45, 7) is -0.494. The molecule has 0 radical (unpaired) electrons. The van der Waals surface area contributed by atoms with Crippen molar-refractivity contribution in [3.63, 3.8) is 0 Å². The first-order valence-corrected chi connectivity index (χ1v) is 5.70. The van der Waals surface area contributed by atoms with Gasteiger partial charge in [0.15, 0.2) is 18.2 Å². The van der Waals surface area contributed by atoms with Crippen LogP contribution in [-0.4, -0.2) is 25.2 Å². The molecule has 1 rings (SSSR count). The summed E-state index contributed by atoms with van der Waals surface area (Å²) in [5.41, 5.74) is 6.10. The van der Waals surface area contributed by atoms with Gasteiger partial charge in [-0.15, -0.1) is 0 Å². The van der Waals surface area contributed by atoms with Crippen molar-refractivity contribution < 1.29 is 27.1 Å². The first kappa shape index (κ1) is 16.2. The summed E-state index contributed by atoms with van der Waals surface area (Å²) in [6, 6.07) is 3.56. The molecule has 0 aliphatic carbocycles. The lowest BCUT2D eigenvalue weighted by molar-refractivity contribution is -0.139. The van der Waals surface area contributed by atoms with Crippen LogP contribution in [0.5, 0.6) is 5.75 Å². The maximum Gasteiger partial charge on any atom is 0.405 e. The zero-order valence-electron chi connectivity index (χ0n) is 10.6. The molecule has 0 saturated carbocycles.